The number of nitrogens with one attached hydrogen (secondary N) is 1. The summed E-state index contributed by atoms with van der Waals surface area (Å²) in [6.45, 7) is 7.97. The molecule has 0 saturated heterocycles. The lowest BCUT2D eigenvalue weighted by atomic mass is 9.85. The molecule has 16 heavy (non-hydrogen) atoms. The van der Waals surface area contributed by atoms with Crippen molar-refractivity contribution >= 4 is 11.7 Å². The van der Waals surface area contributed by atoms with Crippen molar-refractivity contribution in [3.05, 3.63) is 29.8 Å². The summed E-state index contributed by atoms with van der Waals surface area (Å²) in [5, 5.41) is 11.9. The van der Waals surface area contributed by atoms with Crippen LogP contribution >= 0.6 is 0 Å². The smallest absolute Gasteiger partial charge is 0.325 e. The quantitative estimate of drug-likeness (QED) is 0.825. The van der Waals surface area contributed by atoms with Gasteiger partial charge in [0.25, 0.3) is 0 Å². The number of carboxylic acid groups (broad SMARTS) is 1. The van der Waals surface area contributed by atoms with Gasteiger partial charge in [0.15, 0.2) is 0 Å². The second-order valence-corrected chi connectivity index (χ2v) is 5.00. The van der Waals surface area contributed by atoms with Crippen molar-refractivity contribution in [2.24, 2.45) is 0 Å². The maximum absolute atomic E-state index is 10.8. The van der Waals surface area contributed by atoms with Crippen molar-refractivity contribution < 1.29 is 9.90 Å². The van der Waals surface area contributed by atoms with Gasteiger partial charge < -0.3 is 10.4 Å². The fraction of sp³-hybridized carbons (Fsp3) is 0.462. The normalized spacial score (nSPS) is 13.2. The van der Waals surface area contributed by atoms with Crippen LogP contribution in [0.1, 0.15) is 33.3 Å². The molecule has 0 spiro atoms. The van der Waals surface area contributed by atoms with Gasteiger partial charge >= 0.3 is 5.97 Å². The molecule has 0 unspecified atom stereocenters. The lowest BCUT2D eigenvalue weighted by Gasteiger charge is -2.24. The van der Waals surface area contributed by atoms with Crippen LogP contribution in [0.25, 0.3) is 0 Å². The Morgan fingerprint density at radius 2 is 1.88 bits per heavy atom. The van der Waals surface area contributed by atoms with Gasteiger partial charge in [-0.3, -0.25) is 4.79 Å². The highest BCUT2D eigenvalue weighted by molar-refractivity contribution is 5.77. The highest BCUT2D eigenvalue weighted by Crippen LogP contribution is 2.29. The molecule has 0 radical (unpaired) electrons. The average Bonchev–Trinajstić information content (AvgIpc) is 2.16. The minimum atomic E-state index is -0.844. The SMILES string of the molecule is C[C@H](Nc1ccccc1C(C)(C)C)C(=O)O. The predicted molar refractivity (Wildman–Crippen MR) is 65.9 cm³/mol. The predicted octanol–water partition coefficient (Wildman–Crippen LogP) is 2.87. The Labute approximate surface area is 96.5 Å². The highest BCUT2D eigenvalue weighted by atomic mass is 16.4. The zero-order chi connectivity index (χ0) is 12.3. The Bertz CT molecular complexity index is 380. The Kier molecular flexibility index (Phi) is 3.58. The summed E-state index contributed by atoms with van der Waals surface area (Å²) in [5.74, 6) is -0.844. The Morgan fingerprint density at radius 1 is 1.31 bits per heavy atom. The number of rotatable bonds is 3. The molecule has 1 aromatic rings. The molecule has 1 aromatic carbocycles. The Morgan fingerprint density at radius 3 is 2.38 bits per heavy atom. The van der Waals surface area contributed by atoms with E-state index in [-0.39, 0.29) is 5.41 Å². The number of anilines is 1. The Balaban J connectivity index is 3.01. The number of hydrogen-bond acceptors (Lipinski definition) is 2. The summed E-state index contributed by atoms with van der Waals surface area (Å²) < 4.78 is 0. The fourth-order valence-corrected chi connectivity index (χ4v) is 1.56. The summed E-state index contributed by atoms with van der Waals surface area (Å²) >= 11 is 0. The van der Waals surface area contributed by atoms with E-state index in [1.54, 1.807) is 6.92 Å². The zero-order valence-corrected chi connectivity index (χ0v) is 10.2. The van der Waals surface area contributed by atoms with E-state index in [2.05, 4.69) is 26.1 Å². The summed E-state index contributed by atoms with van der Waals surface area (Å²) in [5.41, 5.74) is 2.02. The molecule has 0 saturated carbocycles. The fourth-order valence-electron chi connectivity index (χ4n) is 1.56. The van der Waals surface area contributed by atoms with Gasteiger partial charge in [0.2, 0.25) is 0 Å². The van der Waals surface area contributed by atoms with Crippen molar-refractivity contribution in [2.45, 2.75) is 39.2 Å². The van der Waals surface area contributed by atoms with E-state index in [0.717, 1.165) is 11.3 Å². The molecule has 0 aliphatic rings. The summed E-state index contributed by atoms with van der Waals surface area (Å²) in [7, 11) is 0. The third-order valence-corrected chi connectivity index (χ3v) is 2.48. The molecule has 0 bridgehead atoms. The van der Waals surface area contributed by atoms with Gasteiger partial charge in [0, 0.05) is 5.69 Å². The molecule has 2 N–H and O–H groups in total. The molecular weight excluding hydrogens is 202 g/mol. The van der Waals surface area contributed by atoms with Crippen LogP contribution in [-0.4, -0.2) is 17.1 Å². The zero-order valence-electron chi connectivity index (χ0n) is 10.2. The van der Waals surface area contributed by atoms with Crippen molar-refractivity contribution in [3.63, 3.8) is 0 Å². The van der Waals surface area contributed by atoms with Crippen LogP contribution in [0, 0.1) is 0 Å². The van der Waals surface area contributed by atoms with Gasteiger partial charge in [0.1, 0.15) is 6.04 Å². The molecule has 0 heterocycles. The number of hydrogen-bond donors (Lipinski definition) is 2. The van der Waals surface area contributed by atoms with E-state index in [1.807, 2.05) is 24.3 Å². The van der Waals surface area contributed by atoms with Gasteiger partial charge in [-0.2, -0.15) is 0 Å². The molecule has 0 aromatic heterocycles. The van der Waals surface area contributed by atoms with E-state index in [9.17, 15) is 4.79 Å². The summed E-state index contributed by atoms with van der Waals surface area (Å²) in [6, 6.07) is 7.24. The number of para-hydroxylation sites is 1. The lowest BCUT2D eigenvalue weighted by molar-refractivity contribution is -0.137. The first-order valence-electron chi connectivity index (χ1n) is 5.41. The lowest BCUT2D eigenvalue weighted by Crippen LogP contribution is -2.27. The first-order chi connectivity index (χ1) is 7.32. The van der Waals surface area contributed by atoms with Crippen molar-refractivity contribution in [1.82, 2.24) is 0 Å². The molecule has 0 aliphatic heterocycles. The molecule has 3 heteroatoms. The number of carboxylic acids is 1. The van der Waals surface area contributed by atoms with Crippen LogP contribution in [0.15, 0.2) is 24.3 Å². The standard InChI is InChI=1S/C13H19NO2/c1-9(12(15)16)14-11-8-6-5-7-10(11)13(2,3)4/h5-9,14H,1-4H3,(H,15,16)/t9-/m0/s1. The minimum Gasteiger partial charge on any atom is -0.480 e. The van der Waals surface area contributed by atoms with Crippen LogP contribution in [0.3, 0.4) is 0 Å². The van der Waals surface area contributed by atoms with Crippen LogP contribution in [-0.2, 0) is 10.2 Å². The topological polar surface area (TPSA) is 49.3 Å². The maximum atomic E-state index is 10.8. The third kappa shape index (κ3) is 2.99. The largest absolute Gasteiger partial charge is 0.480 e. The van der Waals surface area contributed by atoms with Crippen LogP contribution in [0.5, 0.6) is 0 Å². The van der Waals surface area contributed by atoms with Gasteiger partial charge in [-0.25, -0.2) is 0 Å². The van der Waals surface area contributed by atoms with Gasteiger partial charge in [0.05, 0.1) is 0 Å². The second-order valence-electron chi connectivity index (χ2n) is 5.00. The average molecular weight is 221 g/mol. The van der Waals surface area contributed by atoms with Gasteiger partial charge in [-0.15, -0.1) is 0 Å². The van der Waals surface area contributed by atoms with Crippen LogP contribution < -0.4 is 5.32 Å². The minimum absolute atomic E-state index is 0.00180. The first-order valence-corrected chi connectivity index (χ1v) is 5.41. The second kappa shape index (κ2) is 4.56. The van der Waals surface area contributed by atoms with Crippen molar-refractivity contribution in [3.8, 4) is 0 Å². The van der Waals surface area contributed by atoms with Gasteiger partial charge in [-0.05, 0) is 24.0 Å². The Hall–Kier alpha value is -1.51. The number of aliphatic carboxylic acids is 1. The maximum Gasteiger partial charge on any atom is 0.325 e. The van der Waals surface area contributed by atoms with Crippen molar-refractivity contribution in [2.75, 3.05) is 5.32 Å². The number of benzene rings is 1. The first kappa shape index (κ1) is 12.6. The highest BCUT2D eigenvalue weighted by Gasteiger charge is 2.19. The third-order valence-electron chi connectivity index (χ3n) is 2.48. The number of carbonyl (C=O) groups is 1. The summed E-state index contributed by atoms with van der Waals surface area (Å²) in [6.07, 6.45) is 0. The van der Waals surface area contributed by atoms with Crippen LogP contribution in [0.2, 0.25) is 0 Å². The van der Waals surface area contributed by atoms with E-state index >= 15 is 0 Å². The van der Waals surface area contributed by atoms with E-state index in [0.29, 0.717) is 0 Å². The molecule has 0 aliphatic carbocycles. The summed E-state index contributed by atoms with van der Waals surface area (Å²) in [4.78, 5) is 10.8. The van der Waals surface area contributed by atoms with E-state index in [4.69, 9.17) is 5.11 Å². The molecule has 0 fully saturated rings. The molecular formula is C13H19NO2. The molecule has 1 rings (SSSR count). The van der Waals surface area contributed by atoms with E-state index < -0.39 is 12.0 Å². The molecule has 88 valence electrons. The van der Waals surface area contributed by atoms with Crippen molar-refractivity contribution in [1.29, 1.82) is 0 Å². The monoisotopic (exact) mass is 221 g/mol. The van der Waals surface area contributed by atoms with E-state index in [1.165, 1.54) is 0 Å². The molecule has 3 nitrogen and oxygen atoms in total. The molecule has 1 atom stereocenters. The van der Waals surface area contributed by atoms with Crippen LogP contribution in [0.4, 0.5) is 5.69 Å². The van der Waals surface area contributed by atoms with Gasteiger partial charge in [-0.1, -0.05) is 39.0 Å². The molecule has 0 amide bonds.